The lowest BCUT2D eigenvalue weighted by Gasteiger charge is -2.39. The highest BCUT2D eigenvalue weighted by atomic mass is 32.1. The molecule has 0 bridgehead atoms. The van der Waals surface area contributed by atoms with E-state index in [1.54, 1.807) is 11.3 Å². The molecule has 1 saturated carbocycles. The Hall–Kier alpha value is -2.60. The third kappa shape index (κ3) is 5.20. The fourth-order valence-corrected chi connectivity index (χ4v) is 3.76. The van der Waals surface area contributed by atoms with Crippen LogP contribution < -0.4 is 21.7 Å². The van der Waals surface area contributed by atoms with Crippen LogP contribution >= 0.6 is 11.3 Å². The van der Waals surface area contributed by atoms with Gasteiger partial charge in [-0.15, -0.1) is 0 Å². The van der Waals surface area contributed by atoms with Crippen molar-refractivity contribution in [3.8, 4) is 6.07 Å². The molecule has 27 heavy (non-hydrogen) atoms. The summed E-state index contributed by atoms with van der Waals surface area (Å²) >= 11 is 1.55. The lowest BCUT2D eigenvalue weighted by Crippen LogP contribution is -2.57. The summed E-state index contributed by atoms with van der Waals surface area (Å²) in [6.07, 6.45) is 2.61. The number of thiophene rings is 1. The molecule has 1 aromatic rings. The summed E-state index contributed by atoms with van der Waals surface area (Å²) in [7, 11) is 0. The lowest BCUT2D eigenvalue weighted by molar-refractivity contribution is -0.150. The molecule has 146 valence electrons. The molecule has 0 spiro atoms. The largest absolute Gasteiger partial charge is 0.352 e. The average Bonchev–Trinajstić information content (AvgIpc) is 3.10. The van der Waals surface area contributed by atoms with Crippen LogP contribution in [0.3, 0.4) is 0 Å². The minimum Gasteiger partial charge on any atom is -0.352 e. The van der Waals surface area contributed by atoms with Crippen molar-refractivity contribution in [2.75, 3.05) is 6.54 Å². The van der Waals surface area contributed by atoms with Crippen LogP contribution in [0.5, 0.6) is 0 Å². The van der Waals surface area contributed by atoms with Crippen LogP contribution in [0.4, 0.5) is 4.79 Å². The van der Waals surface area contributed by atoms with Crippen LogP contribution in [-0.4, -0.2) is 30.4 Å². The van der Waals surface area contributed by atoms with E-state index in [1.807, 2.05) is 29.8 Å². The van der Waals surface area contributed by atoms with Gasteiger partial charge in [0, 0.05) is 6.54 Å². The molecule has 8 nitrogen and oxygen atoms in total. The highest BCUT2D eigenvalue weighted by Gasteiger charge is 2.51. The van der Waals surface area contributed by atoms with E-state index in [0.717, 1.165) is 12.0 Å². The van der Waals surface area contributed by atoms with Gasteiger partial charge in [0.2, 0.25) is 11.8 Å². The van der Waals surface area contributed by atoms with E-state index in [4.69, 9.17) is 5.73 Å². The molecule has 0 radical (unpaired) electrons. The third-order valence-electron chi connectivity index (χ3n) is 4.90. The van der Waals surface area contributed by atoms with Crippen molar-refractivity contribution < 1.29 is 14.4 Å². The normalized spacial score (nSPS) is 16.9. The molecule has 2 rings (SSSR count). The molecular weight excluding hydrogens is 366 g/mol. The van der Waals surface area contributed by atoms with Crippen molar-refractivity contribution in [3.63, 3.8) is 0 Å². The Morgan fingerprint density at radius 2 is 2.04 bits per heavy atom. The van der Waals surface area contributed by atoms with Crippen molar-refractivity contribution in [1.82, 2.24) is 16.0 Å². The Labute approximate surface area is 162 Å². The maximum atomic E-state index is 12.8. The fraction of sp³-hybridized carbons (Fsp3) is 0.556. The molecule has 9 heteroatoms. The van der Waals surface area contributed by atoms with Gasteiger partial charge in [0.15, 0.2) is 0 Å². The summed E-state index contributed by atoms with van der Waals surface area (Å²) in [6, 6.07) is 2.45. The van der Waals surface area contributed by atoms with E-state index in [9.17, 15) is 19.6 Å². The van der Waals surface area contributed by atoms with Crippen LogP contribution in [0.25, 0.3) is 0 Å². The summed E-state index contributed by atoms with van der Waals surface area (Å²) in [5, 5.41) is 21.2. The van der Waals surface area contributed by atoms with Crippen molar-refractivity contribution >= 4 is 29.2 Å². The van der Waals surface area contributed by atoms with Crippen molar-refractivity contribution in [3.05, 3.63) is 22.4 Å². The first-order valence-electron chi connectivity index (χ1n) is 8.96. The number of amides is 4. The van der Waals surface area contributed by atoms with Crippen LogP contribution in [0.2, 0.25) is 0 Å². The number of carbonyl (C=O) groups is 3. The Morgan fingerprint density at radius 1 is 1.33 bits per heavy atom. The van der Waals surface area contributed by atoms with Crippen molar-refractivity contribution in [1.29, 1.82) is 5.26 Å². The Balaban J connectivity index is 1.92. The number of hydrogen-bond donors (Lipinski definition) is 4. The molecule has 0 unspecified atom stereocenters. The summed E-state index contributed by atoms with van der Waals surface area (Å²) < 4.78 is 0. The molecular formula is C18H25N5O3S. The number of rotatable bonds is 9. The summed E-state index contributed by atoms with van der Waals surface area (Å²) in [4.78, 5) is 36.2. The van der Waals surface area contributed by atoms with Gasteiger partial charge in [-0.25, -0.2) is 4.79 Å². The van der Waals surface area contributed by atoms with E-state index in [2.05, 4.69) is 16.0 Å². The van der Waals surface area contributed by atoms with Crippen molar-refractivity contribution in [2.24, 2.45) is 11.1 Å². The van der Waals surface area contributed by atoms with Gasteiger partial charge < -0.3 is 21.7 Å². The second-order valence-electron chi connectivity index (χ2n) is 6.78. The molecule has 5 N–H and O–H groups in total. The van der Waals surface area contributed by atoms with Gasteiger partial charge >= 0.3 is 6.03 Å². The van der Waals surface area contributed by atoms with E-state index < -0.39 is 23.4 Å². The Kier molecular flexibility index (Phi) is 7.19. The van der Waals surface area contributed by atoms with Gasteiger partial charge in [0.05, 0.1) is 12.1 Å². The first-order chi connectivity index (χ1) is 12.9. The molecule has 0 aliphatic heterocycles. The quantitative estimate of drug-likeness (QED) is 0.375. The fourth-order valence-electron chi connectivity index (χ4n) is 3.01. The number of nitrogens with two attached hydrogens (primary N) is 1. The zero-order chi connectivity index (χ0) is 19.9. The first kappa shape index (κ1) is 20.7. The minimum absolute atomic E-state index is 0.180. The molecule has 1 aliphatic carbocycles. The minimum atomic E-state index is -1.11. The van der Waals surface area contributed by atoms with Crippen molar-refractivity contribution in [2.45, 2.75) is 51.1 Å². The van der Waals surface area contributed by atoms with Crippen LogP contribution in [0.15, 0.2) is 16.8 Å². The second kappa shape index (κ2) is 9.37. The van der Waals surface area contributed by atoms with Crippen LogP contribution in [0, 0.1) is 16.7 Å². The smallest absolute Gasteiger partial charge is 0.312 e. The van der Waals surface area contributed by atoms with Crippen LogP contribution in [0.1, 0.15) is 50.6 Å². The summed E-state index contributed by atoms with van der Waals surface area (Å²) in [6.45, 7) is 2.21. The van der Waals surface area contributed by atoms with Gasteiger partial charge in [-0.05, 0) is 55.0 Å². The average molecular weight is 391 g/mol. The van der Waals surface area contributed by atoms with Crippen LogP contribution in [-0.2, 0) is 9.59 Å². The highest BCUT2D eigenvalue weighted by Crippen LogP contribution is 2.42. The third-order valence-corrected chi connectivity index (χ3v) is 5.60. The molecule has 2 atom stereocenters. The van der Waals surface area contributed by atoms with Gasteiger partial charge in [-0.2, -0.15) is 16.6 Å². The topological polar surface area (TPSA) is 137 Å². The monoisotopic (exact) mass is 391 g/mol. The predicted molar refractivity (Wildman–Crippen MR) is 102 cm³/mol. The lowest BCUT2D eigenvalue weighted by atomic mass is 9.67. The predicted octanol–water partition coefficient (Wildman–Crippen LogP) is 1.55. The van der Waals surface area contributed by atoms with Gasteiger partial charge in [0.1, 0.15) is 11.5 Å². The number of nitriles is 1. The number of nitrogens with one attached hydrogen (secondary N) is 3. The Bertz CT molecular complexity index is 709. The molecule has 0 saturated heterocycles. The summed E-state index contributed by atoms with van der Waals surface area (Å²) in [5.41, 5.74) is 4.88. The van der Waals surface area contributed by atoms with Gasteiger partial charge in [0.25, 0.3) is 0 Å². The number of hydrogen-bond acceptors (Lipinski definition) is 5. The maximum absolute atomic E-state index is 12.8. The number of carbonyl (C=O) groups excluding carboxylic acids is 3. The molecule has 0 aromatic carbocycles. The highest BCUT2D eigenvalue weighted by molar-refractivity contribution is 7.07. The standard InChI is InChI=1S/C18H25N5O3S/c1-12(13-5-9-27-11-13)22-15(24)18(6-3-7-18)16(25)23-14(10-19)4-2-8-21-17(20)26/h5,9,11-12,14H,2-4,6-8H2,1H3,(H,22,24)(H,23,25)(H3,20,21,26)/t12-,14+/m1/s1. The first-order valence-corrected chi connectivity index (χ1v) is 9.90. The van der Waals surface area contributed by atoms with E-state index in [-0.39, 0.29) is 11.9 Å². The number of primary amides is 1. The molecule has 1 aromatic heterocycles. The summed E-state index contributed by atoms with van der Waals surface area (Å²) in [5.74, 6) is -0.699. The second-order valence-corrected chi connectivity index (χ2v) is 7.56. The zero-order valence-electron chi connectivity index (χ0n) is 15.3. The van der Waals surface area contributed by atoms with Gasteiger partial charge in [-0.3, -0.25) is 9.59 Å². The Morgan fingerprint density at radius 3 is 2.56 bits per heavy atom. The SMILES string of the molecule is C[C@@H](NC(=O)C1(C(=O)N[C@H](C#N)CCCNC(N)=O)CCC1)c1ccsc1. The van der Waals surface area contributed by atoms with Gasteiger partial charge in [-0.1, -0.05) is 6.42 Å². The zero-order valence-corrected chi connectivity index (χ0v) is 16.1. The van der Waals surface area contributed by atoms with E-state index >= 15 is 0 Å². The maximum Gasteiger partial charge on any atom is 0.312 e. The van der Waals surface area contributed by atoms with E-state index in [1.165, 1.54) is 0 Å². The van der Waals surface area contributed by atoms with E-state index in [0.29, 0.717) is 32.2 Å². The number of nitrogens with zero attached hydrogens (tertiary/aromatic N) is 1. The number of urea groups is 1. The molecule has 1 fully saturated rings. The molecule has 1 heterocycles. The molecule has 1 aliphatic rings. The molecule has 4 amide bonds.